The van der Waals surface area contributed by atoms with E-state index >= 15 is 0 Å². The molecule has 4 N–H and O–H groups in total. The van der Waals surface area contributed by atoms with Gasteiger partial charge in [0.15, 0.2) is 0 Å². The SMILES string of the molecule is CC(=O)Nc1ccc(NCC(C)(C)CN(C)C)c(NNc2n(C)cc[n+]2C)c1.COS(=O)(=O)[O-]. The van der Waals surface area contributed by atoms with Crippen LogP contribution in [0.5, 0.6) is 0 Å². The molecule has 1 amide bonds. The molecule has 0 aliphatic carbocycles. The molecule has 1 aromatic heterocycles. The van der Waals surface area contributed by atoms with Crippen molar-refractivity contribution in [1.82, 2.24) is 9.47 Å². The fourth-order valence-corrected chi connectivity index (χ4v) is 3.22. The van der Waals surface area contributed by atoms with Crippen molar-refractivity contribution in [2.75, 3.05) is 55.8 Å². The molecular weight excluding hydrogens is 462 g/mol. The van der Waals surface area contributed by atoms with E-state index in [2.05, 4.69) is 58.5 Å². The monoisotopic (exact) mass is 499 g/mol. The Labute approximate surface area is 202 Å². The van der Waals surface area contributed by atoms with E-state index in [4.69, 9.17) is 0 Å². The van der Waals surface area contributed by atoms with Crippen molar-refractivity contribution in [2.45, 2.75) is 20.8 Å². The third kappa shape index (κ3) is 10.8. The van der Waals surface area contributed by atoms with Gasteiger partial charge in [-0.1, -0.05) is 13.8 Å². The maximum Gasteiger partial charge on any atom is 0.378 e. The van der Waals surface area contributed by atoms with Crippen molar-refractivity contribution >= 4 is 39.3 Å². The maximum atomic E-state index is 11.4. The predicted molar refractivity (Wildman–Crippen MR) is 132 cm³/mol. The molecule has 0 bridgehead atoms. The van der Waals surface area contributed by atoms with Gasteiger partial charge in [-0.2, -0.15) is 5.43 Å². The van der Waals surface area contributed by atoms with Gasteiger partial charge in [0.05, 0.1) is 45.0 Å². The summed E-state index contributed by atoms with van der Waals surface area (Å²) in [6.07, 6.45) is 3.95. The van der Waals surface area contributed by atoms with Crippen LogP contribution in [0.4, 0.5) is 23.0 Å². The van der Waals surface area contributed by atoms with E-state index in [9.17, 15) is 17.8 Å². The first-order valence-electron chi connectivity index (χ1n) is 10.5. The zero-order valence-electron chi connectivity index (χ0n) is 21.1. The first kappa shape index (κ1) is 29.2. The van der Waals surface area contributed by atoms with E-state index in [-0.39, 0.29) is 11.3 Å². The number of nitrogens with one attached hydrogen (secondary N) is 4. The normalized spacial score (nSPS) is 11.5. The number of benzene rings is 1. The molecular formula is C21H37N7O5S. The molecule has 0 aliphatic rings. The van der Waals surface area contributed by atoms with Crippen LogP contribution in [0.1, 0.15) is 20.8 Å². The summed E-state index contributed by atoms with van der Waals surface area (Å²) in [5, 5.41) is 6.38. The highest BCUT2D eigenvalue weighted by molar-refractivity contribution is 7.80. The molecule has 0 spiro atoms. The van der Waals surface area contributed by atoms with Gasteiger partial charge in [0.25, 0.3) is 0 Å². The minimum atomic E-state index is -4.41. The lowest BCUT2D eigenvalue weighted by atomic mass is 9.93. The third-order valence-electron chi connectivity index (χ3n) is 4.54. The van der Waals surface area contributed by atoms with Crippen LogP contribution in [-0.4, -0.2) is 62.6 Å². The van der Waals surface area contributed by atoms with Gasteiger partial charge in [0.2, 0.25) is 16.3 Å². The van der Waals surface area contributed by atoms with Crippen LogP contribution in [0.3, 0.4) is 0 Å². The Kier molecular flexibility index (Phi) is 10.8. The third-order valence-corrected chi connectivity index (χ3v) is 4.94. The number of aromatic nitrogens is 2. The molecule has 13 heteroatoms. The average Bonchev–Trinajstić information content (AvgIpc) is 3.01. The molecule has 0 unspecified atom stereocenters. The number of hydrogen-bond acceptors (Lipinski definition) is 9. The first-order chi connectivity index (χ1) is 15.6. The molecule has 2 rings (SSSR count). The molecule has 0 saturated heterocycles. The molecule has 12 nitrogen and oxygen atoms in total. The van der Waals surface area contributed by atoms with Gasteiger partial charge in [-0.3, -0.25) is 8.98 Å². The highest BCUT2D eigenvalue weighted by Crippen LogP contribution is 2.28. The Hall–Kier alpha value is -2.87. The fraction of sp³-hybridized carbons (Fsp3) is 0.524. The lowest BCUT2D eigenvalue weighted by molar-refractivity contribution is -0.656. The summed E-state index contributed by atoms with van der Waals surface area (Å²) in [5.41, 5.74) is 9.18. The lowest BCUT2D eigenvalue weighted by Crippen LogP contribution is -2.35. The summed E-state index contributed by atoms with van der Waals surface area (Å²) >= 11 is 0. The smallest absolute Gasteiger partial charge is 0.378 e. The number of hydrazine groups is 1. The summed E-state index contributed by atoms with van der Waals surface area (Å²) in [6, 6.07) is 5.79. The zero-order chi connectivity index (χ0) is 26.1. The predicted octanol–water partition coefficient (Wildman–Crippen LogP) is 1.34. The molecule has 0 saturated carbocycles. The molecule has 34 heavy (non-hydrogen) atoms. The molecule has 0 radical (unpaired) electrons. The van der Waals surface area contributed by atoms with Crippen LogP contribution in [-0.2, 0) is 33.5 Å². The van der Waals surface area contributed by atoms with Gasteiger partial charge in [-0.15, -0.1) is 0 Å². The number of anilines is 4. The zero-order valence-corrected chi connectivity index (χ0v) is 21.9. The molecule has 0 aliphatic heterocycles. The van der Waals surface area contributed by atoms with Crippen LogP contribution < -0.4 is 26.1 Å². The Morgan fingerprint density at radius 3 is 2.32 bits per heavy atom. The molecule has 0 fully saturated rings. The summed E-state index contributed by atoms with van der Waals surface area (Å²) in [6.45, 7) is 7.77. The standard InChI is InChI=1S/C20H33N7O.CH4O4S/c1-15(28)22-16-8-9-17(21-13-20(2,3)14-25(4)5)18(12-16)23-24-19-26(6)10-11-27(19)7;1-5-6(2,3)4/h8-12,21,23H,13-14H2,1-7H3,(H,22,28);1H3,(H,2,3,4). The largest absolute Gasteiger partial charge is 0.726 e. The van der Waals surface area contributed by atoms with E-state index in [0.717, 1.165) is 43.2 Å². The van der Waals surface area contributed by atoms with Crippen LogP contribution in [0.15, 0.2) is 30.6 Å². The number of nitrogens with zero attached hydrogens (tertiary/aromatic N) is 3. The highest BCUT2D eigenvalue weighted by Gasteiger charge is 2.20. The van der Waals surface area contributed by atoms with E-state index in [1.807, 2.05) is 53.8 Å². The van der Waals surface area contributed by atoms with E-state index in [1.54, 1.807) is 0 Å². The Bertz CT molecular complexity index is 1030. The number of carbonyl (C=O) groups excluding carboxylic acids is 1. The van der Waals surface area contributed by atoms with Crippen molar-refractivity contribution in [3.63, 3.8) is 0 Å². The quantitative estimate of drug-likeness (QED) is 0.165. The van der Waals surface area contributed by atoms with Gasteiger partial charge in [-0.05, 0) is 37.7 Å². The fourth-order valence-electron chi connectivity index (χ4n) is 3.22. The molecule has 1 aromatic carbocycles. The average molecular weight is 500 g/mol. The van der Waals surface area contributed by atoms with Gasteiger partial charge in [0.1, 0.15) is 0 Å². The Morgan fingerprint density at radius 1 is 1.24 bits per heavy atom. The highest BCUT2D eigenvalue weighted by atomic mass is 32.3. The second-order valence-electron chi connectivity index (χ2n) is 8.87. The van der Waals surface area contributed by atoms with Crippen molar-refractivity contribution in [1.29, 1.82) is 0 Å². The molecule has 2 aromatic rings. The van der Waals surface area contributed by atoms with Crippen LogP contribution in [0.25, 0.3) is 0 Å². The van der Waals surface area contributed by atoms with Crippen molar-refractivity contribution in [3.8, 4) is 0 Å². The number of carbonyl (C=O) groups is 1. The van der Waals surface area contributed by atoms with Crippen molar-refractivity contribution < 1.29 is 26.5 Å². The van der Waals surface area contributed by atoms with Crippen LogP contribution in [0.2, 0.25) is 0 Å². The summed E-state index contributed by atoms with van der Waals surface area (Å²) < 4.78 is 35.0. The summed E-state index contributed by atoms with van der Waals surface area (Å²) in [5.74, 6) is 0.810. The number of amides is 1. The Morgan fingerprint density at radius 2 is 1.85 bits per heavy atom. The van der Waals surface area contributed by atoms with Crippen molar-refractivity contribution in [2.24, 2.45) is 19.5 Å². The van der Waals surface area contributed by atoms with E-state index in [1.165, 1.54) is 6.92 Å². The van der Waals surface area contributed by atoms with Gasteiger partial charge < -0.3 is 20.1 Å². The van der Waals surface area contributed by atoms with Gasteiger partial charge in [-0.25, -0.2) is 23.0 Å². The molecule has 192 valence electrons. The number of rotatable bonds is 10. The maximum absolute atomic E-state index is 11.4. The van der Waals surface area contributed by atoms with E-state index in [0.29, 0.717) is 0 Å². The van der Waals surface area contributed by atoms with Crippen LogP contribution >= 0.6 is 0 Å². The lowest BCUT2D eigenvalue weighted by Gasteiger charge is -2.29. The van der Waals surface area contributed by atoms with E-state index < -0.39 is 10.4 Å². The minimum absolute atomic E-state index is 0.0967. The molecule has 0 atom stereocenters. The van der Waals surface area contributed by atoms with Gasteiger partial charge >= 0.3 is 5.95 Å². The topological polar surface area (TPSA) is 144 Å². The van der Waals surface area contributed by atoms with Gasteiger partial charge in [0, 0.05) is 25.7 Å². The number of aryl methyl sites for hydroxylation is 2. The number of imidazole rings is 1. The minimum Gasteiger partial charge on any atom is -0.726 e. The summed E-state index contributed by atoms with van der Waals surface area (Å²) in [4.78, 5) is 13.6. The second-order valence-corrected chi connectivity index (χ2v) is 10.0. The summed E-state index contributed by atoms with van der Waals surface area (Å²) in [7, 11) is 4.51. The van der Waals surface area contributed by atoms with Crippen molar-refractivity contribution in [3.05, 3.63) is 30.6 Å². The first-order valence-corrected chi connectivity index (χ1v) is 11.8. The second kappa shape index (κ2) is 12.6. The molecule has 1 heterocycles. The number of hydrogen-bond donors (Lipinski definition) is 4. The Balaban J connectivity index is 0.000000852. The van der Waals surface area contributed by atoms with Crippen LogP contribution in [0, 0.1) is 5.41 Å².